The van der Waals surface area contributed by atoms with Gasteiger partial charge in [-0.15, -0.1) is 11.3 Å². The highest BCUT2D eigenvalue weighted by Gasteiger charge is 2.16. The molecule has 0 radical (unpaired) electrons. The summed E-state index contributed by atoms with van der Waals surface area (Å²) in [6.45, 7) is 1.13. The van der Waals surface area contributed by atoms with Crippen molar-refractivity contribution in [3.05, 3.63) is 51.7 Å². The summed E-state index contributed by atoms with van der Waals surface area (Å²) in [6, 6.07) is 10.5. The molecule has 0 amide bonds. The lowest BCUT2D eigenvalue weighted by Gasteiger charge is -2.28. The molecule has 0 saturated heterocycles. The lowest BCUT2D eigenvalue weighted by molar-refractivity contribution is 0.179. The average molecular weight is 273 g/mol. The van der Waals surface area contributed by atoms with Crippen LogP contribution in [-0.2, 0) is 12.8 Å². The van der Waals surface area contributed by atoms with Crippen LogP contribution < -0.4 is 4.90 Å². The molecule has 19 heavy (non-hydrogen) atoms. The van der Waals surface area contributed by atoms with Gasteiger partial charge in [0.25, 0.3) is 0 Å². The molecule has 3 rings (SSSR count). The van der Waals surface area contributed by atoms with Crippen LogP contribution in [-0.4, -0.2) is 18.7 Å². The first-order valence-electron chi connectivity index (χ1n) is 6.78. The molecule has 0 aliphatic carbocycles. The fourth-order valence-corrected chi connectivity index (χ4v) is 3.49. The summed E-state index contributed by atoms with van der Waals surface area (Å²) in [6.07, 6.45) is 2.65. The lowest BCUT2D eigenvalue weighted by atomic mass is 9.96. The van der Waals surface area contributed by atoms with Gasteiger partial charge in [-0.1, -0.05) is 18.2 Å². The number of fused-ring (bicyclic) bond motifs is 1. The highest BCUT2D eigenvalue weighted by atomic mass is 32.1. The molecule has 3 heteroatoms. The first kappa shape index (κ1) is 12.7. The number of thiophene rings is 1. The Morgan fingerprint density at radius 1 is 1.37 bits per heavy atom. The molecule has 100 valence electrons. The van der Waals surface area contributed by atoms with E-state index in [4.69, 9.17) is 0 Å². The van der Waals surface area contributed by atoms with E-state index in [0.29, 0.717) is 6.42 Å². The van der Waals surface area contributed by atoms with Crippen molar-refractivity contribution in [1.82, 2.24) is 0 Å². The molecule has 1 aromatic heterocycles. The molecule has 2 nitrogen and oxygen atoms in total. The van der Waals surface area contributed by atoms with Gasteiger partial charge in [-0.05, 0) is 41.5 Å². The maximum Gasteiger partial charge on any atom is 0.0838 e. The van der Waals surface area contributed by atoms with Gasteiger partial charge in [0.1, 0.15) is 0 Å². The molecule has 2 heterocycles. The molecule has 1 N–H and O–H groups in total. The molecular formula is C16H19NOS. The van der Waals surface area contributed by atoms with Gasteiger partial charge in [-0.25, -0.2) is 0 Å². The Morgan fingerprint density at radius 3 is 3.05 bits per heavy atom. The largest absolute Gasteiger partial charge is 0.388 e. The summed E-state index contributed by atoms with van der Waals surface area (Å²) >= 11 is 1.71. The minimum absolute atomic E-state index is 0.392. The van der Waals surface area contributed by atoms with Crippen LogP contribution in [0.2, 0.25) is 0 Å². The minimum atomic E-state index is -0.392. The zero-order valence-corrected chi connectivity index (χ0v) is 12.0. The monoisotopic (exact) mass is 273 g/mol. The van der Waals surface area contributed by atoms with Gasteiger partial charge in [0.2, 0.25) is 0 Å². The molecule has 1 aliphatic heterocycles. The lowest BCUT2D eigenvalue weighted by Crippen LogP contribution is -2.24. The molecule has 1 aliphatic rings. The van der Waals surface area contributed by atoms with Crippen LogP contribution in [0.5, 0.6) is 0 Å². The Balaban J connectivity index is 1.81. The second kappa shape index (κ2) is 5.35. The van der Waals surface area contributed by atoms with Crippen molar-refractivity contribution in [2.45, 2.75) is 25.4 Å². The number of benzene rings is 1. The quantitative estimate of drug-likeness (QED) is 0.926. The van der Waals surface area contributed by atoms with Gasteiger partial charge in [-0.2, -0.15) is 0 Å². The van der Waals surface area contributed by atoms with Gasteiger partial charge >= 0.3 is 0 Å². The molecule has 0 fully saturated rings. The summed E-state index contributed by atoms with van der Waals surface area (Å²) in [7, 11) is 2.14. The second-order valence-corrected chi connectivity index (χ2v) is 6.24. The molecule has 0 spiro atoms. The van der Waals surface area contributed by atoms with Crippen LogP contribution in [0.3, 0.4) is 0 Å². The minimum Gasteiger partial charge on any atom is -0.388 e. The van der Waals surface area contributed by atoms with Crippen molar-refractivity contribution in [2.24, 2.45) is 0 Å². The Kier molecular flexibility index (Phi) is 3.58. The summed E-state index contributed by atoms with van der Waals surface area (Å²) in [5.41, 5.74) is 3.73. The zero-order chi connectivity index (χ0) is 13.2. The van der Waals surface area contributed by atoms with Crippen LogP contribution in [0.1, 0.15) is 28.5 Å². The van der Waals surface area contributed by atoms with E-state index in [1.165, 1.54) is 22.5 Å². The third-order valence-corrected chi connectivity index (χ3v) is 4.71. The van der Waals surface area contributed by atoms with Crippen molar-refractivity contribution < 1.29 is 5.11 Å². The summed E-state index contributed by atoms with van der Waals surface area (Å²) in [4.78, 5) is 3.54. The molecule has 1 aromatic carbocycles. The van der Waals surface area contributed by atoms with Crippen molar-refractivity contribution in [3.8, 4) is 0 Å². The Hall–Kier alpha value is -1.32. The number of nitrogens with zero attached hydrogens (tertiary/aromatic N) is 1. The van der Waals surface area contributed by atoms with E-state index >= 15 is 0 Å². The Bertz CT molecular complexity index is 550. The van der Waals surface area contributed by atoms with Crippen molar-refractivity contribution >= 4 is 17.0 Å². The SMILES string of the molecule is CN1CCCc2cc(C(O)Cc3cccs3)ccc21. The fraction of sp³-hybridized carbons (Fsp3) is 0.375. The molecule has 0 saturated carbocycles. The topological polar surface area (TPSA) is 23.5 Å². The van der Waals surface area contributed by atoms with Crippen LogP contribution in [0, 0.1) is 0 Å². The highest BCUT2D eigenvalue weighted by molar-refractivity contribution is 7.09. The second-order valence-electron chi connectivity index (χ2n) is 5.21. The molecular weight excluding hydrogens is 254 g/mol. The zero-order valence-electron chi connectivity index (χ0n) is 11.2. The Morgan fingerprint density at radius 2 is 2.26 bits per heavy atom. The molecule has 0 bridgehead atoms. The maximum atomic E-state index is 10.4. The van der Waals surface area contributed by atoms with Crippen LogP contribution in [0.15, 0.2) is 35.7 Å². The number of rotatable bonds is 3. The summed E-state index contributed by atoms with van der Waals surface area (Å²) in [5.74, 6) is 0. The van der Waals surface area contributed by atoms with Crippen LogP contribution in [0.25, 0.3) is 0 Å². The standard InChI is InChI=1S/C16H19NOS/c1-17-8-2-4-12-10-13(6-7-15(12)17)16(18)11-14-5-3-9-19-14/h3,5-7,9-10,16,18H,2,4,8,11H2,1H3. The first-order chi connectivity index (χ1) is 9.24. The summed E-state index contributed by atoms with van der Waals surface area (Å²) in [5, 5.41) is 12.4. The molecule has 1 unspecified atom stereocenters. The maximum absolute atomic E-state index is 10.4. The van der Waals surface area contributed by atoms with Gasteiger partial charge in [0.05, 0.1) is 6.10 Å². The molecule has 1 atom stereocenters. The van der Waals surface area contributed by atoms with E-state index in [-0.39, 0.29) is 0 Å². The predicted molar refractivity (Wildman–Crippen MR) is 81.0 cm³/mol. The van der Waals surface area contributed by atoms with Crippen LogP contribution >= 0.6 is 11.3 Å². The smallest absolute Gasteiger partial charge is 0.0838 e. The number of hydrogen-bond acceptors (Lipinski definition) is 3. The van der Waals surface area contributed by atoms with E-state index in [9.17, 15) is 5.11 Å². The van der Waals surface area contributed by atoms with Crippen molar-refractivity contribution in [1.29, 1.82) is 0 Å². The summed E-state index contributed by atoms with van der Waals surface area (Å²) < 4.78 is 0. The van der Waals surface area contributed by atoms with Crippen molar-refractivity contribution in [3.63, 3.8) is 0 Å². The van der Waals surface area contributed by atoms with Gasteiger partial charge in [-0.3, -0.25) is 0 Å². The highest BCUT2D eigenvalue weighted by Crippen LogP contribution is 2.30. The third kappa shape index (κ3) is 2.67. The molecule has 2 aromatic rings. The number of aliphatic hydroxyl groups excluding tert-OH is 1. The van der Waals surface area contributed by atoms with Gasteiger partial charge < -0.3 is 10.0 Å². The van der Waals surface area contributed by atoms with E-state index in [1.807, 2.05) is 6.07 Å². The van der Waals surface area contributed by atoms with Gasteiger partial charge in [0, 0.05) is 30.6 Å². The normalized spacial score (nSPS) is 16.2. The number of aryl methyl sites for hydroxylation is 1. The Labute approximate surface area is 118 Å². The van der Waals surface area contributed by atoms with E-state index in [0.717, 1.165) is 18.5 Å². The predicted octanol–water partition coefficient (Wildman–Crippen LogP) is 3.41. The number of hydrogen-bond donors (Lipinski definition) is 1. The van der Waals surface area contributed by atoms with E-state index in [2.05, 4.69) is 41.6 Å². The van der Waals surface area contributed by atoms with Crippen molar-refractivity contribution in [2.75, 3.05) is 18.5 Å². The van der Waals surface area contributed by atoms with E-state index in [1.54, 1.807) is 11.3 Å². The number of anilines is 1. The average Bonchev–Trinajstić information content (AvgIpc) is 2.91. The fourth-order valence-electron chi connectivity index (χ4n) is 2.75. The van der Waals surface area contributed by atoms with Crippen LogP contribution in [0.4, 0.5) is 5.69 Å². The van der Waals surface area contributed by atoms with E-state index < -0.39 is 6.10 Å². The number of aliphatic hydroxyl groups is 1. The first-order valence-corrected chi connectivity index (χ1v) is 7.66. The van der Waals surface area contributed by atoms with Gasteiger partial charge in [0.15, 0.2) is 0 Å². The third-order valence-electron chi connectivity index (χ3n) is 3.81.